The van der Waals surface area contributed by atoms with Crippen LogP contribution < -0.4 is 14.8 Å². The Bertz CT molecular complexity index is 1060. The third-order valence-electron chi connectivity index (χ3n) is 6.54. The number of ether oxygens (including phenoxy) is 2. The van der Waals surface area contributed by atoms with E-state index < -0.39 is 11.5 Å². The third kappa shape index (κ3) is 3.08. The van der Waals surface area contributed by atoms with E-state index in [2.05, 4.69) is 33.4 Å². The van der Waals surface area contributed by atoms with Crippen LogP contribution in [-0.4, -0.2) is 29.8 Å². The number of nitrogens with one attached hydrogen (secondary N) is 1. The van der Waals surface area contributed by atoms with E-state index in [1.54, 1.807) is 12.1 Å². The Morgan fingerprint density at radius 1 is 1.07 bits per heavy atom. The van der Waals surface area contributed by atoms with Crippen LogP contribution in [-0.2, 0) is 10.2 Å². The summed E-state index contributed by atoms with van der Waals surface area (Å²) in [6, 6.07) is 11.3. The van der Waals surface area contributed by atoms with Gasteiger partial charge in [0.15, 0.2) is 11.5 Å². The van der Waals surface area contributed by atoms with Crippen LogP contribution in [0.2, 0.25) is 5.02 Å². The third-order valence-corrected chi connectivity index (χ3v) is 7.77. The molecule has 1 fully saturated rings. The van der Waals surface area contributed by atoms with Gasteiger partial charge in [-0.05, 0) is 73.2 Å². The van der Waals surface area contributed by atoms with Crippen LogP contribution in [0.5, 0.6) is 11.5 Å². The maximum absolute atomic E-state index is 12.3. The van der Waals surface area contributed by atoms with E-state index in [1.165, 1.54) is 5.56 Å². The smallest absolute Gasteiger partial charge is 0.329 e. The van der Waals surface area contributed by atoms with E-state index >= 15 is 0 Å². The summed E-state index contributed by atoms with van der Waals surface area (Å²) in [6.45, 7) is 1.09. The van der Waals surface area contributed by atoms with Crippen molar-refractivity contribution >= 4 is 45.3 Å². The minimum Gasteiger partial charge on any atom is -0.486 e. The van der Waals surface area contributed by atoms with Gasteiger partial charge in [0.2, 0.25) is 0 Å². The summed E-state index contributed by atoms with van der Waals surface area (Å²) in [5.41, 5.74) is 1.75. The highest BCUT2D eigenvalue weighted by Crippen LogP contribution is 2.57. The number of carboxylic acids is 1. The minimum absolute atomic E-state index is 0.236. The van der Waals surface area contributed by atoms with Gasteiger partial charge in [-0.2, -0.15) is 0 Å². The molecule has 30 heavy (non-hydrogen) atoms. The molecule has 1 aliphatic heterocycles. The molecule has 2 N–H and O–H groups in total. The maximum atomic E-state index is 12.3. The summed E-state index contributed by atoms with van der Waals surface area (Å²) in [5, 5.41) is 14.0. The van der Waals surface area contributed by atoms with Crippen LogP contribution in [0.15, 0.2) is 40.9 Å². The number of allylic oxidation sites excluding steroid dienone is 1. The lowest BCUT2D eigenvalue weighted by atomic mass is 9.65. The van der Waals surface area contributed by atoms with Gasteiger partial charge in [0.05, 0.1) is 0 Å². The number of aliphatic carboxylic acids is 1. The second kappa shape index (κ2) is 7.20. The molecule has 0 unspecified atom stereocenters. The highest BCUT2D eigenvalue weighted by atomic mass is 79.9. The Kier molecular flexibility index (Phi) is 4.75. The second-order valence-corrected chi connectivity index (χ2v) is 9.47. The van der Waals surface area contributed by atoms with E-state index in [4.69, 9.17) is 21.1 Å². The van der Waals surface area contributed by atoms with Crippen molar-refractivity contribution in [2.24, 2.45) is 0 Å². The first-order valence-corrected chi connectivity index (χ1v) is 11.2. The zero-order valence-electron chi connectivity index (χ0n) is 16.2. The Balaban J connectivity index is 1.46. The number of hydrogen-bond acceptors (Lipinski definition) is 4. The fourth-order valence-corrected chi connectivity index (χ4v) is 5.94. The fourth-order valence-electron chi connectivity index (χ4n) is 4.89. The van der Waals surface area contributed by atoms with Crippen molar-refractivity contribution in [2.45, 2.75) is 36.6 Å². The van der Waals surface area contributed by atoms with Gasteiger partial charge >= 0.3 is 5.97 Å². The van der Waals surface area contributed by atoms with Crippen LogP contribution in [0.1, 0.15) is 36.8 Å². The van der Waals surface area contributed by atoms with Gasteiger partial charge in [-0.25, -0.2) is 4.79 Å². The number of rotatable bonds is 3. The molecule has 1 saturated carbocycles. The van der Waals surface area contributed by atoms with Gasteiger partial charge in [0, 0.05) is 20.6 Å². The molecule has 1 heterocycles. The van der Waals surface area contributed by atoms with E-state index in [9.17, 15) is 9.90 Å². The van der Waals surface area contributed by atoms with Crippen molar-refractivity contribution < 1.29 is 19.4 Å². The zero-order valence-corrected chi connectivity index (χ0v) is 18.6. The van der Waals surface area contributed by atoms with E-state index in [0.717, 1.165) is 27.2 Å². The SMILES string of the molecule is O=C(O)C1(Nc2cccc(Cl)c2)CCC2(CC1)C(Br)=Cc1cc3c(cc12)OCCO3. The van der Waals surface area contributed by atoms with Crippen molar-refractivity contribution in [3.05, 3.63) is 57.0 Å². The molecule has 2 aromatic carbocycles. The standard InChI is InChI=1S/C23H21BrClNO4/c24-20-11-14-10-18-19(30-9-8-29-18)13-17(14)22(20)4-6-23(7-5-22,21(27)28)26-16-3-1-2-15(25)12-16/h1-3,10-13,26H,4-9H2,(H,27,28). The normalized spacial score (nSPS) is 26.8. The molecule has 2 aliphatic carbocycles. The fraction of sp³-hybridized carbons (Fsp3) is 0.348. The topological polar surface area (TPSA) is 67.8 Å². The molecule has 0 radical (unpaired) electrons. The minimum atomic E-state index is -1.03. The Morgan fingerprint density at radius 3 is 2.43 bits per heavy atom. The largest absolute Gasteiger partial charge is 0.486 e. The molecule has 1 spiro atoms. The monoisotopic (exact) mass is 489 g/mol. The average Bonchev–Trinajstić information content (AvgIpc) is 2.99. The first kappa shape index (κ1) is 19.8. The lowest BCUT2D eigenvalue weighted by Crippen LogP contribution is -2.52. The van der Waals surface area contributed by atoms with Crippen molar-refractivity contribution in [1.82, 2.24) is 0 Å². The van der Waals surface area contributed by atoms with Gasteiger partial charge in [-0.15, -0.1) is 0 Å². The van der Waals surface area contributed by atoms with Crippen LogP contribution in [0.3, 0.4) is 0 Å². The summed E-state index contributed by atoms with van der Waals surface area (Å²) < 4.78 is 12.6. The average molecular weight is 491 g/mol. The number of carboxylic acid groups (broad SMARTS) is 1. The van der Waals surface area contributed by atoms with Crippen LogP contribution in [0, 0.1) is 0 Å². The quantitative estimate of drug-likeness (QED) is 0.585. The number of carbonyl (C=O) groups is 1. The summed E-state index contributed by atoms with van der Waals surface area (Å²) in [5.74, 6) is 0.701. The van der Waals surface area contributed by atoms with Gasteiger partial charge < -0.3 is 19.9 Å². The highest BCUT2D eigenvalue weighted by Gasteiger charge is 2.51. The number of hydrogen-bond donors (Lipinski definition) is 2. The molecule has 7 heteroatoms. The van der Waals surface area contributed by atoms with Gasteiger partial charge in [-0.3, -0.25) is 0 Å². The molecule has 2 aromatic rings. The molecule has 0 amide bonds. The highest BCUT2D eigenvalue weighted by molar-refractivity contribution is 9.11. The number of benzene rings is 2. The number of fused-ring (bicyclic) bond motifs is 3. The predicted octanol–water partition coefficient (Wildman–Crippen LogP) is 5.61. The summed E-state index contributed by atoms with van der Waals surface area (Å²) in [4.78, 5) is 12.3. The Hall–Kier alpha value is -2.18. The lowest BCUT2D eigenvalue weighted by molar-refractivity contribution is -0.143. The Morgan fingerprint density at radius 2 is 1.77 bits per heavy atom. The first-order valence-electron chi connectivity index (χ1n) is 10.0. The molecule has 0 bridgehead atoms. The second-order valence-electron chi connectivity index (χ2n) is 8.18. The molecule has 156 valence electrons. The first-order chi connectivity index (χ1) is 14.4. The molecular formula is C23H21BrClNO4. The number of halogens is 2. The van der Waals surface area contributed by atoms with E-state index in [-0.39, 0.29) is 5.41 Å². The maximum Gasteiger partial charge on any atom is 0.329 e. The summed E-state index contributed by atoms with van der Waals surface area (Å²) in [7, 11) is 0. The van der Waals surface area contributed by atoms with E-state index in [0.29, 0.717) is 43.9 Å². The molecule has 3 aliphatic rings. The van der Waals surface area contributed by atoms with Crippen LogP contribution >= 0.6 is 27.5 Å². The molecule has 5 nitrogen and oxygen atoms in total. The van der Waals surface area contributed by atoms with Crippen molar-refractivity contribution in [1.29, 1.82) is 0 Å². The van der Waals surface area contributed by atoms with Crippen molar-refractivity contribution in [3.8, 4) is 11.5 Å². The van der Waals surface area contributed by atoms with E-state index in [1.807, 2.05) is 18.2 Å². The Labute approximate surface area is 188 Å². The van der Waals surface area contributed by atoms with Gasteiger partial charge in [-0.1, -0.05) is 33.6 Å². The molecule has 0 atom stereocenters. The number of anilines is 1. The molecule has 0 saturated heterocycles. The summed E-state index contributed by atoms with van der Waals surface area (Å²) in [6.07, 6.45) is 4.52. The van der Waals surface area contributed by atoms with Crippen molar-refractivity contribution in [3.63, 3.8) is 0 Å². The van der Waals surface area contributed by atoms with Crippen LogP contribution in [0.25, 0.3) is 6.08 Å². The van der Waals surface area contributed by atoms with Crippen LogP contribution in [0.4, 0.5) is 5.69 Å². The van der Waals surface area contributed by atoms with Gasteiger partial charge in [0.1, 0.15) is 18.8 Å². The van der Waals surface area contributed by atoms with Gasteiger partial charge in [0.25, 0.3) is 0 Å². The molecule has 0 aromatic heterocycles. The zero-order chi connectivity index (χ0) is 20.9. The predicted molar refractivity (Wildman–Crippen MR) is 120 cm³/mol. The van der Waals surface area contributed by atoms with Crippen molar-refractivity contribution in [2.75, 3.05) is 18.5 Å². The molecule has 5 rings (SSSR count). The molecular weight excluding hydrogens is 470 g/mol. The lowest BCUT2D eigenvalue weighted by Gasteiger charge is -2.44. The summed E-state index contributed by atoms with van der Waals surface area (Å²) >= 11 is 9.89.